The first kappa shape index (κ1) is 8.35. The average Bonchev–Trinajstić information content (AvgIpc) is 2.47. The Morgan fingerprint density at radius 1 is 1.46 bits per heavy atom. The smallest absolute Gasteiger partial charge is 0.0953 e. The van der Waals surface area contributed by atoms with Crippen LogP contribution in [0.3, 0.4) is 0 Å². The van der Waals surface area contributed by atoms with Crippen molar-refractivity contribution < 1.29 is 0 Å². The molecule has 1 aromatic rings. The Balaban J connectivity index is 2.45. The quantitative estimate of drug-likeness (QED) is 0.650. The van der Waals surface area contributed by atoms with Gasteiger partial charge in [-0.05, 0) is 12.5 Å². The lowest BCUT2D eigenvalue weighted by Crippen LogP contribution is -2.22. The van der Waals surface area contributed by atoms with Gasteiger partial charge in [0.1, 0.15) is 0 Å². The monoisotopic (exact) mass is 177 g/mol. The van der Waals surface area contributed by atoms with Crippen LogP contribution in [0.4, 0.5) is 0 Å². The van der Waals surface area contributed by atoms with E-state index >= 15 is 0 Å². The summed E-state index contributed by atoms with van der Waals surface area (Å²) in [6.07, 6.45) is 5.14. The van der Waals surface area contributed by atoms with Crippen molar-refractivity contribution in [2.24, 2.45) is 7.05 Å². The van der Waals surface area contributed by atoms with Crippen LogP contribution in [-0.4, -0.2) is 21.5 Å². The fourth-order valence-corrected chi connectivity index (χ4v) is 1.75. The predicted molar refractivity (Wildman–Crippen MR) is 52.9 cm³/mol. The molecule has 3 heteroatoms. The highest BCUT2D eigenvalue weighted by atomic mass is 15.2. The predicted octanol–water partition coefficient (Wildman–Crippen LogP) is 1.62. The van der Waals surface area contributed by atoms with Crippen LogP contribution >= 0.6 is 0 Å². The van der Waals surface area contributed by atoms with Crippen LogP contribution in [-0.2, 0) is 13.6 Å². The van der Waals surface area contributed by atoms with Crippen molar-refractivity contribution in [1.82, 2.24) is 14.5 Å². The molecule has 0 atom stereocenters. The highest BCUT2D eigenvalue weighted by molar-refractivity contribution is 5.53. The average molecular weight is 177 g/mol. The van der Waals surface area contributed by atoms with Gasteiger partial charge < -0.3 is 9.47 Å². The third-order valence-electron chi connectivity index (χ3n) is 2.63. The van der Waals surface area contributed by atoms with Gasteiger partial charge in [0.05, 0.1) is 24.3 Å². The van der Waals surface area contributed by atoms with E-state index < -0.39 is 0 Å². The minimum Gasteiger partial charge on any atom is -0.372 e. The Labute approximate surface area is 78.7 Å². The fourth-order valence-electron chi connectivity index (χ4n) is 1.75. The van der Waals surface area contributed by atoms with Gasteiger partial charge in [-0.1, -0.05) is 6.92 Å². The molecule has 3 nitrogen and oxygen atoms in total. The SMILES string of the molecule is CCC1=Cc2ncn(C)c2CN1C. The van der Waals surface area contributed by atoms with Gasteiger partial charge in [0.25, 0.3) is 0 Å². The molecule has 0 amide bonds. The molecule has 0 N–H and O–H groups in total. The maximum Gasteiger partial charge on any atom is 0.0953 e. The Kier molecular flexibility index (Phi) is 1.87. The van der Waals surface area contributed by atoms with Gasteiger partial charge in [0.15, 0.2) is 0 Å². The van der Waals surface area contributed by atoms with Crippen LogP contribution in [0, 0.1) is 0 Å². The van der Waals surface area contributed by atoms with Crippen LogP contribution in [0.2, 0.25) is 0 Å². The van der Waals surface area contributed by atoms with E-state index in [0.29, 0.717) is 0 Å². The number of allylic oxidation sites excluding steroid dienone is 1. The van der Waals surface area contributed by atoms with Crippen molar-refractivity contribution in [3.63, 3.8) is 0 Å². The van der Waals surface area contributed by atoms with Crippen molar-refractivity contribution in [3.8, 4) is 0 Å². The molecule has 0 aromatic carbocycles. The number of aryl methyl sites for hydroxylation is 1. The zero-order valence-electron chi connectivity index (χ0n) is 8.41. The third kappa shape index (κ3) is 1.24. The van der Waals surface area contributed by atoms with E-state index in [0.717, 1.165) is 18.7 Å². The van der Waals surface area contributed by atoms with E-state index in [2.05, 4.69) is 34.5 Å². The lowest BCUT2D eigenvalue weighted by molar-refractivity contribution is 0.385. The molecule has 13 heavy (non-hydrogen) atoms. The van der Waals surface area contributed by atoms with E-state index in [9.17, 15) is 0 Å². The molecule has 0 fully saturated rings. The third-order valence-corrected chi connectivity index (χ3v) is 2.63. The first-order chi connectivity index (χ1) is 6.22. The molecule has 0 aliphatic carbocycles. The van der Waals surface area contributed by atoms with Crippen molar-refractivity contribution in [3.05, 3.63) is 23.4 Å². The zero-order valence-corrected chi connectivity index (χ0v) is 8.41. The summed E-state index contributed by atoms with van der Waals surface area (Å²) in [5, 5.41) is 0. The highest BCUT2D eigenvalue weighted by Gasteiger charge is 2.16. The number of imidazole rings is 1. The Morgan fingerprint density at radius 3 is 2.92 bits per heavy atom. The molecule has 0 unspecified atom stereocenters. The maximum atomic E-state index is 4.35. The van der Waals surface area contributed by atoms with Gasteiger partial charge in [-0.25, -0.2) is 4.98 Å². The van der Waals surface area contributed by atoms with Gasteiger partial charge in [-0.15, -0.1) is 0 Å². The molecule has 0 radical (unpaired) electrons. The molecule has 2 rings (SSSR count). The van der Waals surface area contributed by atoms with Gasteiger partial charge in [-0.3, -0.25) is 0 Å². The summed E-state index contributed by atoms with van der Waals surface area (Å²) < 4.78 is 2.09. The highest BCUT2D eigenvalue weighted by Crippen LogP contribution is 2.23. The number of hydrogen-bond donors (Lipinski definition) is 0. The Bertz CT molecular complexity index is 349. The number of aromatic nitrogens is 2. The van der Waals surface area contributed by atoms with Crippen molar-refractivity contribution in [2.45, 2.75) is 19.9 Å². The second kappa shape index (κ2) is 2.91. The molecule has 2 heterocycles. The minimum atomic E-state index is 0.978. The summed E-state index contributed by atoms with van der Waals surface area (Å²) in [5.41, 5.74) is 3.81. The van der Waals surface area contributed by atoms with Gasteiger partial charge >= 0.3 is 0 Å². The fraction of sp³-hybridized carbons (Fsp3) is 0.500. The topological polar surface area (TPSA) is 21.1 Å². The molecule has 0 spiro atoms. The molecule has 0 saturated carbocycles. The van der Waals surface area contributed by atoms with Gasteiger partial charge in [0.2, 0.25) is 0 Å². The minimum absolute atomic E-state index is 0.978. The molecular formula is C10H15N3. The van der Waals surface area contributed by atoms with Crippen LogP contribution in [0.15, 0.2) is 12.0 Å². The molecule has 1 aliphatic heterocycles. The molecular weight excluding hydrogens is 162 g/mol. The molecule has 1 aromatic heterocycles. The molecule has 0 bridgehead atoms. The largest absolute Gasteiger partial charge is 0.372 e. The maximum absolute atomic E-state index is 4.35. The molecule has 0 saturated heterocycles. The number of hydrogen-bond acceptors (Lipinski definition) is 2. The number of nitrogens with zero attached hydrogens (tertiary/aromatic N) is 3. The van der Waals surface area contributed by atoms with Crippen LogP contribution in [0.1, 0.15) is 24.7 Å². The van der Waals surface area contributed by atoms with Crippen molar-refractivity contribution in [2.75, 3.05) is 7.05 Å². The van der Waals surface area contributed by atoms with Crippen LogP contribution < -0.4 is 0 Å². The normalized spacial score (nSPS) is 15.6. The Morgan fingerprint density at radius 2 is 2.23 bits per heavy atom. The zero-order chi connectivity index (χ0) is 9.42. The second-order valence-corrected chi connectivity index (χ2v) is 3.53. The summed E-state index contributed by atoms with van der Waals surface area (Å²) in [6.45, 7) is 3.15. The Hall–Kier alpha value is -1.25. The summed E-state index contributed by atoms with van der Waals surface area (Å²) in [5.74, 6) is 0. The summed E-state index contributed by atoms with van der Waals surface area (Å²) in [6, 6.07) is 0. The summed E-state index contributed by atoms with van der Waals surface area (Å²) in [7, 11) is 4.18. The summed E-state index contributed by atoms with van der Waals surface area (Å²) in [4.78, 5) is 6.63. The molecule has 1 aliphatic rings. The first-order valence-electron chi connectivity index (χ1n) is 4.64. The van der Waals surface area contributed by atoms with Crippen LogP contribution in [0.25, 0.3) is 6.08 Å². The standard InChI is InChI=1S/C10H15N3/c1-4-8-5-9-10(6-12(8)2)13(3)7-11-9/h5,7H,4,6H2,1-3H3. The van der Waals surface area contributed by atoms with Crippen molar-refractivity contribution >= 4 is 6.08 Å². The van der Waals surface area contributed by atoms with E-state index in [1.807, 2.05) is 13.4 Å². The second-order valence-electron chi connectivity index (χ2n) is 3.53. The lowest BCUT2D eigenvalue weighted by Gasteiger charge is -2.25. The van der Waals surface area contributed by atoms with Crippen molar-refractivity contribution in [1.29, 1.82) is 0 Å². The van der Waals surface area contributed by atoms with E-state index in [1.165, 1.54) is 11.4 Å². The van der Waals surface area contributed by atoms with E-state index in [-0.39, 0.29) is 0 Å². The number of fused-ring (bicyclic) bond motifs is 1. The molecule has 70 valence electrons. The van der Waals surface area contributed by atoms with E-state index in [4.69, 9.17) is 0 Å². The van der Waals surface area contributed by atoms with Gasteiger partial charge in [-0.2, -0.15) is 0 Å². The first-order valence-corrected chi connectivity index (χ1v) is 4.64. The van der Waals surface area contributed by atoms with Gasteiger partial charge in [0, 0.05) is 19.8 Å². The van der Waals surface area contributed by atoms with E-state index in [1.54, 1.807) is 0 Å². The lowest BCUT2D eigenvalue weighted by atomic mass is 10.1. The number of rotatable bonds is 1. The van der Waals surface area contributed by atoms with Crippen LogP contribution in [0.5, 0.6) is 0 Å². The summed E-state index contributed by atoms with van der Waals surface area (Å²) >= 11 is 0.